The number of halogens is 1. The standard InChI is InChI=1S/C16H14IN/c1-2-3-10-18-15-7-5-4-6-13(15)14-11-12(17)8-9-16(14)18/h3-11H,2H2,1H3. The Labute approximate surface area is 120 Å². The predicted octanol–water partition coefficient (Wildman–Crippen LogP) is 5.28. The summed E-state index contributed by atoms with van der Waals surface area (Å²) in [4.78, 5) is 0. The van der Waals surface area contributed by atoms with E-state index >= 15 is 0 Å². The van der Waals surface area contributed by atoms with Crippen LogP contribution in [0.5, 0.6) is 0 Å². The van der Waals surface area contributed by atoms with Crippen LogP contribution in [0.15, 0.2) is 48.5 Å². The Hall–Kier alpha value is -1.29. The molecular formula is C16H14IN. The average molecular weight is 347 g/mol. The van der Waals surface area contributed by atoms with Crippen molar-refractivity contribution in [3.63, 3.8) is 0 Å². The van der Waals surface area contributed by atoms with Gasteiger partial charge in [0.2, 0.25) is 0 Å². The Morgan fingerprint density at radius 1 is 1.06 bits per heavy atom. The van der Waals surface area contributed by atoms with Crippen LogP contribution in [0.2, 0.25) is 0 Å². The van der Waals surface area contributed by atoms with Crippen LogP contribution in [-0.2, 0) is 0 Å². The molecule has 0 amide bonds. The molecular weight excluding hydrogens is 333 g/mol. The molecule has 0 N–H and O–H groups in total. The van der Waals surface area contributed by atoms with Gasteiger partial charge in [-0.2, -0.15) is 0 Å². The van der Waals surface area contributed by atoms with Crippen molar-refractivity contribution < 1.29 is 0 Å². The van der Waals surface area contributed by atoms with E-state index in [1.54, 1.807) is 0 Å². The van der Waals surface area contributed by atoms with Gasteiger partial charge in [-0.05, 0) is 53.3 Å². The summed E-state index contributed by atoms with van der Waals surface area (Å²) in [5.74, 6) is 0. The molecule has 1 heterocycles. The first kappa shape index (κ1) is 11.8. The minimum absolute atomic E-state index is 1.05. The van der Waals surface area contributed by atoms with Gasteiger partial charge in [-0.3, -0.25) is 0 Å². The summed E-state index contributed by atoms with van der Waals surface area (Å²) in [6, 6.07) is 15.2. The molecule has 2 heteroatoms. The molecule has 0 aliphatic rings. The van der Waals surface area contributed by atoms with Gasteiger partial charge in [-0.25, -0.2) is 0 Å². The minimum Gasteiger partial charge on any atom is -0.316 e. The zero-order valence-electron chi connectivity index (χ0n) is 10.2. The number of fused-ring (bicyclic) bond motifs is 3. The van der Waals surface area contributed by atoms with E-state index in [0.29, 0.717) is 0 Å². The zero-order valence-corrected chi connectivity index (χ0v) is 12.4. The van der Waals surface area contributed by atoms with Crippen LogP contribution in [0.25, 0.3) is 28.0 Å². The average Bonchev–Trinajstić information content (AvgIpc) is 2.70. The summed E-state index contributed by atoms with van der Waals surface area (Å²) < 4.78 is 3.56. The summed E-state index contributed by atoms with van der Waals surface area (Å²) in [7, 11) is 0. The van der Waals surface area contributed by atoms with Crippen LogP contribution in [-0.4, -0.2) is 4.57 Å². The summed E-state index contributed by atoms with van der Waals surface area (Å²) in [6.07, 6.45) is 5.43. The quantitative estimate of drug-likeness (QED) is 0.556. The third-order valence-electron chi connectivity index (χ3n) is 3.16. The van der Waals surface area contributed by atoms with Gasteiger partial charge >= 0.3 is 0 Å². The van der Waals surface area contributed by atoms with Gasteiger partial charge in [0.15, 0.2) is 0 Å². The molecule has 90 valence electrons. The molecule has 0 spiro atoms. The highest BCUT2D eigenvalue weighted by Gasteiger charge is 2.08. The Balaban J connectivity index is 2.45. The first-order valence-corrected chi connectivity index (χ1v) is 7.24. The van der Waals surface area contributed by atoms with Gasteiger partial charge in [0, 0.05) is 20.5 Å². The molecule has 0 aliphatic carbocycles. The largest absolute Gasteiger partial charge is 0.316 e. The van der Waals surface area contributed by atoms with Crippen molar-refractivity contribution in [2.24, 2.45) is 0 Å². The van der Waals surface area contributed by atoms with Crippen LogP contribution in [0.3, 0.4) is 0 Å². The highest BCUT2D eigenvalue weighted by molar-refractivity contribution is 14.1. The molecule has 0 unspecified atom stereocenters. The van der Waals surface area contributed by atoms with Crippen LogP contribution in [0.4, 0.5) is 0 Å². The lowest BCUT2D eigenvalue weighted by molar-refractivity contribution is 1.20. The number of para-hydroxylation sites is 1. The number of benzene rings is 2. The fourth-order valence-corrected chi connectivity index (χ4v) is 2.84. The molecule has 3 aromatic rings. The Bertz CT molecular complexity index is 737. The fraction of sp³-hybridized carbons (Fsp3) is 0.125. The van der Waals surface area contributed by atoms with Crippen molar-refractivity contribution in [2.75, 3.05) is 0 Å². The van der Waals surface area contributed by atoms with Crippen LogP contribution < -0.4 is 0 Å². The predicted molar refractivity (Wildman–Crippen MR) is 87.8 cm³/mol. The number of hydrogen-bond acceptors (Lipinski definition) is 0. The monoisotopic (exact) mass is 347 g/mol. The molecule has 18 heavy (non-hydrogen) atoms. The lowest BCUT2D eigenvalue weighted by atomic mass is 10.2. The van der Waals surface area contributed by atoms with Gasteiger partial charge in [0.25, 0.3) is 0 Å². The molecule has 0 fully saturated rings. The van der Waals surface area contributed by atoms with Gasteiger partial charge in [-0.15, -0.1) is 0 Å². The molecule has 2 aromatic carbocycles. The third-order valence-corrected chi connectivity index (χ3v) is 3.83. The second kappa shape index (κ2) is 4.76. The number of rotatable bonds is 2. The molecule has 0 saturated carbocycles. The lowest BCUT2D eigenvalue weighted by Crippen LogP contribution is -1.85. The zero-order chi connectivity index (χ0) is 12.5. The van der Waals surface area contributed by atoms with Crippen molar-refractivity contribution in [2.45, 2.75) is 13.3 Å². The van der Waals surface area contributed by atoms with Crippen molar-refractivity contribution in [1.82, 2.24) is 4.57 Å². The second-order valence-corrected chi connectivity index (χ2v) is 5.59. The summed E-state index contributed by atoms with van der Waals surface area (Å²) in [5.41, 5.74) is 2.56. The van der Waals surface area contributed by atoms with E-state index in [-0.39, 0.29) is 0 Å². The third kappa shape index (κ3) is 1.85. The fourth-order valence-electron chi connectivity index (χ4n) is 2.35. The molecule has 0 aliphatic heterocycles. The highest BCUT2D eigenvalue weighted by atomic mass is 127. The first-order chi connectivity index (χ1) is 8.81. The van der Waals surface area contributed by atoms with E-state index in [4.69, 9.17) is 0 Å². The van der Waals surface area contributed by atoms with Gasteiger partial charge in [0.1, 0.15) is 0 Å². The van der Waals surface area contributed by atoms with Crippen molar-refractivity contribution in [1.29, 1.82) is 0 Å². The van der Waals surface area contributed by atoms with E-state index in [1.807, 2.05) is 0 Å². The maximum Gasteiger partial charge on any atom is 0.0535 e. The highest BCUT2D eigenvalue weighted by Crippen LogP contribution is 2.30. The van der Waals surface area contributed by atoms with Crippen LogP contribution >= 0.6 is 22.6 Å². The Kier molecular flexibility index (Phi) is 3.12. The normalized spacial score (nSPS) is 11.9. The Morgan fingerprint density at radius 3 is 2.67 bits per heavy atom. The molecule has 1 aromatic heterocycles. The van der Waals surface area contributed by atoms with Gasteiger partial charge < -0.3 is 4.57 Å². The smallest absolute Gasteiger partial charge is 0.0535 e. The number of aromatic nitrogens is 1. The van der Waals surface area contributed by atoms with Crippen molar-refractivity contribution in [3.05, 3.63) is 52.1 Å². The summed E-state index contributed by atoms with van der Waals surface area (Å²) in [5, 5.41) is 2.66. The number of hydrogen-bond donors (Lipinski definition) is 0. The van der Waals surface area contributed by atoms with E-state index in [1.165, 1.54) is 25.4 Å². The van der Waals surface area contributed by atoms with Crippen LogP contribution in [0.1, 0.15) is 13.3 Å². The van der Waals surface area contributed by atoms with Crippen molar-refractivity contribution in [3.8, 4) is 0 Å². The lowest BCUT2D eigenvalue weighted by Gasteiger charge is -1.99. The SMILES string of the molecule is CCC=Cn1c2ccccc2c2cc(I)ccc21. The molecule has 0 bridgehead atoms. The maximum atomic E-state index is 2.37. The van der Waals surface area contributed by atoms with Crippen molar-refractivity contribution >= 4 is 50.6 Å². The molecule has 1 nitrogen and oxygen atoms in total. The van der Waals surface area contributed by atoms with E-state index in [9.17, 15) is 0 Å². The first-order valence-electron chi connectivity index (χ1n) is 6.16. The van der Waals surface area contributed by atoms with E-state index in [0.717, 1.165) is 6.42 Å². The number of nitrogens with zero attached hydrogens (tertiary/aromatic N) is 1. The van der Waals surface area contributed by atoms with Gasteiger partial charge in [0.05, 0.1) is 11.0 Å². The molecule has 0 saturated heterocycles. The van der Waals surface area contributed by atoms with Crippen LogP contribution in [0, 0.1) is 3.57 Å². The minimum atomic E-state index is 1.05. The van der Waals surface area contributed by atoms with E-state index < -0.39 is 0 Å². The second-order valence-electron chi connectivity index (χ2n) is 4.34. The summed E-state index contributed by atoms with van der Waals surface area (Å²) >= 11 is 2.37. The maximum absolute atomic E-state index is 2.37. The van der Waals surface area contributed by atoms with E-state index in [2.05, 4.69) is 88.8 Å². The molecule has 0 atom stereocenters. The number of allylic oxidation sites excluding steroid dienone is 1. The summed E-state index contributed by atoms with van der Waals surface area (Å²) in [6.45, 7) is 2.16. The molecule has 0 radical (unpaired) electrons. The molecule has 3 rings (SSSR count). The van der Waals surface area contributed by atoms with Gasteiger partial charge in [-0.1, -0.05) is 31.2 Å². The topological polar surface area (TPSA) is 4.93 Å². The Morgan fingerprint density at radius 2 is 1.83 bits per heavy atom.